The predicted molar refractivity (Wildman–Crippen MR) is 67.0 cm³/mol. The number of rotatable bonds is 3. The van der Waals surface area contributed by atoms with Gasteiger partial charge in [-0.1, -0.05) is 0 Å². The molecule has 1 atom stereocenters. The minimum absolute atomic E-state index is 0.297. The van der Waals surface area contributed by atoms with Crippen LogP contribution < -0.4 is 4.90 Å². The third kappa shape index (κ3) is 2.68. The Balaban J connectivity index is 2.26. The van der Waals surface area contributed by atoms with E-state index in [1.165, 1.54) is 12.7 Å². The van der Waals surface area contributed by atoms with Gasteiger partial charge in [-0.15, -0.1) is 11.6 Å². The van der Waals surface area contributed by atoms with Crippen LogP contribution in [0.15, 0.2) is 6.33 Å². The van der Waals surface area contributed by atoms with Gasteiger partial charge in [0.15, 0.2) is 11.6 Å². The van der Waals surface area contributed by atoms with Gasteiger partial charge in [-0.05, 0) is 32.6 Å². The van der Waals surface area contributed by atoms with Crippen LogP contribution in [0.2, 0.25) is 0 Å². The van der Waals surface area contributed by atoms with E-state index in [1.54, 1.807) is 6.92 Å². The normalized spacial score (nSPS) is 20.6. The highest BCUT2D eigenvalue weighted by Crippen LogP contribution is 2.27. The Morgan fingerprint density at radius 2 is 2.29 bits per heavy atom. The molecule has 0 amide bonds. The van der Waals surface area contributed by atoms with Crippen LogP contribution in [0.25, 0.3) is 0 Å². The Morgan fingerprint density at radius 3 is 3.06 bits per heavy atom. The van der Waals surface area contributed by atoms with Crippen LogP contribution in [0.4, 0.5) is 10.2 Å². The van der Waals surface area contributed by atoms with E-state index in [9.17, 15) is 4.39 Å². The molecule has 0 aliphatic carbocycles. The second kappa shape index (κ2) is 5.63. The summed E-state index contributed by atoms with van der Waals surface area (Å²) in [6.07, 6.45) is 5.64. The maximum atomic E-state index is 14.0. The number of anilines is 1. The predicted octanol–water partition coefficient (Wildman–Crippen LogP) is 2.91. The molecule has 0 radical (unpaired) electrons. The van der Waals surface area contributed by atoms with Crippen LogP contribution in [-0.2, 0) is 0 Å². The molecule has 1 saturated heterocycles. The summed E-state index contributed by atoms with van der Waals surface area (Å²) in [6.45, 7) is 2.52. The minimum atomic E-state index is -0.297. The van der Waals surface area contributed by atoms with Crippen molar-refractivity contribution in [2.24, 2.45) is 0 Å². The third-order valence-electron chi connectivity index (χ3n) is 3.29. The molecule has 3 nitrogen and oxygen atoms in total. The first kappa shape index (κ1) is 12.6. The second-order valence-electron chi connectivity index (χ2n) is 4.42. The zero-order valence-corrected chi connectivity index (χ0v) is 10.8. The number of halogens is 2. The molecule has 17 heavy (non-hydrogen) atoms. The van der Waals surface area contributed by atoms with E-state index < -0.39 is 0 Å². The first-order valence-electron chi connectivity index (χ1n) is 6.03. The number of hydrogen-bond donors (Lipinski definition) is 0. The lowest BCUT2D eigenvalue weighted by Crippen LogP contribution is -2.41. The van der Waals surface area contributed by atoms with Gasteiger partial charge in [0, 0.05) is 18.5 Å². The van der Waals surface area contributed by atoms with Crippen molar-refractivity contribution in [2.75, 3.05) is 17.3 Å². The molecule has 5 heteroatoms. The smallest absolute Gasteiger partial charge is 0.186 e. The van der Waals surface area contributed by atoms with Crippen molar-refractivity contribution >= 4 is 17.4 Å². The molecular weight excluding hydrogens is 241 g/mol. The van der Waals surface area contributed by atoms with Gasteiger partial charge in [0.2, 0.25) is 0 Å². The first-order valence-corrected chi connectivity index (χ1v) is 6.57. The summed E-state index contributed by atoms with van der Waals surface area (Å²) in [7, 11) is 0. The van der Waals surface area contributed by atoms with Crippen LogP contribution in [0.3, 0.4) is 0 Å². The Kier molecular flexibility index (Phi) is 4.15. The van der Waals surface area contributed by atoms with E-state index >= 15 is 0 Å². The van der Waals surface area contributed by atoms with Gasteiger partial charge in [-0.3, -0.25) is 0 Å². The summed E-state index contributed by atoms with van der Waals surface area (Å²) < 4.78 is 14.0. The Morgan fingerprint density at radius 1 is 1.47 bits per heavy atom. The van der Waals surface area contributed by atoms with E-state index in [0.717, 1.165) is 25.8 Å². The van der Waals surface area contributed by atoms with Gasteiger partial charge < -0.3 is 4.90 Å². The van der Waals surface area contributed by atoms with Crippen LogP contribution in [-0.4, -0.2) is 28.4 Å². The van der Waals surface area contributed by atoms with Gasteiger partial charge in [0.1, 0.15) is 6.33 Å². The zero-order valence-electron chi connectivity index (χ0n) is 9.99. The van der Waals surface area contributed by atoms with Crippen LogP contribution in [0.5, 0.6) is 0 Å². The number of hydrogen-bond acceptors (Lipinski definition) is 3. The summed E-state index contributed by atoms with van der Waals surface area (Å²) in [5.41, 5.74) is 0.408. The molecule has 0 saturated carbocycles. The largest absolute Gasteiger partial charge is 0.351 e. The summed E-state index contributed by atoms with van der Waals surface area (Å²) in [5, 5.41) is 0. The molecule has 0 bridgehead atoms. The molecular formula is C12H17ClFN3. The maximum absolute atomic E-state index is 14.0. The highest BCUT2D eigenvalue weighted by molar-refractivity contribution is 6.17. The van der Waals surface area contributed by atoms with Crippen LogP contribution >= 0.6 is 11.6 Å². The maximum Gasteiger partial charge on any atom is 0.186 e. The molecule has 0 aromatic carbocycles. The number of aromatic nitrogens is 2. The number of piperidine rings is 1. The van der Waals surface area contributed by atoms with E-state index in [-0.39, 0.29) is 5.82 Å². The number of alkyl halides is 1. The molecule has 1 aromatic heterocycles. The lowest BCUT2D eigenvalue weighted by Gasteiger charge is -2.36. The summed E-state index contributed by atoms with van der Waals surface area (Å²) in [5.74, 6) is 0.744. The van der Waals surface area contributed by atoms with Crippen molar-refractivity contribution in [1.82, 2.24) is 9.97 Å². The Hall–Kier alpha value is -0.900. The van der Waals surface area contributed by atoms with Crippen molar-refractivity contribution in [3.05, 3.63) is 17.8 Å². The van der Waals surface area contributed by atoms with Gasteiger partial charge in [0.25, 0.3) is 0 Å². The second-order valence-corrected chi connectivity index (χ2v) is 4.80. The molecule has 1 aromatic rings. The first-order chi connectivity index (χ1) is 8.24. The Bertz CT molecular complexity index is 384. The van der Waals surface area contributed by atoms with Gasteiger partial charge in [0.05, 0.1) is 5.69 Å². The summed E-state index contributed by atoms with van der Waals surface area (Å²) in [6, 6.07) is 0.310. The highest BCUT2D eigenvalue weighted by atomic mass is 35.5. The van der Waals surface area contributed by atoms with E-state index in [1.807, 2.05) is 0 Å². The van der Waals surface area contributed by atoms with E-state index in [4.69, 9.17) is 11.6 Å². The molecule has 1 unspecified atom stereocenters. The molecule has 1 aliphatic heterocycles. The third-order valence-corrected chi connectivity index (χ3v) is 3.51. The fourth-order valence-electron chi connectivity index (χ4n) is 2.35. The topological polar surface area (TPSA) is 29.0 Å². The number of aryl methyl sites for hydroxylation is 1. The number of nitrogens with zero attached hydrogens (tertiary/aromatic N) is 3. The molecule has 2 heterocycles. The van der Waals surface area contributed by atoms with Crippen molar-refractivity contribution in [1.29, 1.82) is 0 Å². The molecule has 0 N–H and O–H groups in total. The van der Waals surface area contributed by atoms with Crippen molar-refractivity contribution in [3.63, 3.8) is 0 Å². The fraction of sp³-hybridized carbons (Fsp3) is 0.667. The molecule has 1 aliphatic rings. The van der Waals surface area contributed by atoms with E-state index in [0.29, 0.717) is 23.4 Å². The lowest BCUT2D eigenvalue weighted by atomic mass is 10.00. The monoisotopic (exact) mass is 257 g/mol. The van der Waals surface area contributed by atoms with Crippen molar-refractivity contribution in [2.45, 2.75) is 38.6 Å². The highest BCUT2D eigenvalue weighted by Gasteiger charge is 2.25. The zero-order chi connectivity index (χ0) is 12.3. The molecule has 94 valence electrons. The molecule has 2 rings (SSSR count). The summed E-state index contributed by atoms with van der Waals surface area (Å²) in [4.78, 5) is 10.0. The average molecular weight is 258 g/mol. The Labute approximate surface area is 106 Å². The SMILES string of the molecule is Cc1ncnc(N2CCCCC2CCCl)c1F. The molecule has 1 fully saturated rings. The lowest BCUT2D eigenvalue weighted by molar-refractivity contribution is 0.439. The van der Waals surface area contributed by atoms with Gasteiger partial charge in [-0.2, -0.15) is 0 Å². The summed E-state index contributed by atoms with van der Waals surface area (Å²) >= 11 is 5.81. The van der Waals surface area contributed by atoms with Crippen molar-refractivity contribution in [3.8, 4) is 0 Å². The standard InChI is InChI=1S/C12H17ClFN3/c1-9-11(14)12(16-8-15-9)17-7-3-2-4-10(17)5-6-13/h8,10H,2-7H2,1H3. The van der Waals surface area contributed by atoms with Crippen LogP contribution in [0, 0.1) is 12.7 Å². The van der Waals surface area contributed by atoms with Gasteiger partial charge >= 0.3 is 0 Å². The minimum Gasteiger partial charge on any atom is -0.351 e. The molecule has 0 spiro atoms. The van der Waals surface area contributed by atoms with Crippen molar-refractivity contribution < 1.29 is 4.39 Å². The van der Waals surface area contributed by atoms with E-state index in [2.05, 4.69) is 14.9 Å². The quantitative estimate of drug-likeness (QED) is 0.780. The average Bonchev–Trinajstić information content (AvgIpc) is 2.34. The van der Waals surface area contributed by atoms with Gasteiger partial charge in [-0.25, -0.2) is 14.4 Å². The van der Waals surface area contributed by atoms with Crippen LogP contribution in [0.1, 0.15) is 31.4 Å². The fourth-order valence-corrected chi connectivity index (χ4v) is 2.60.